The van der Waals surface area contributed by atoms with Crippen LogP contribution in [0.5, 0.6) is 0 Å². The molecule has 0 amide bonds. The van der Waals surface area contributed by atoms with Crippen molar-refractivity contribution in [2.75, 3.05) is 30.8 Å². The van der Waals surface area contributed by atoms with Gasteiger partial charge in [-0.15, -0.1) is 0 Å². The molecule has 18 heavy (non-hydrogen) atoms. The summed E-state index contributed by atoms with van der Waals surface area (Å²) in [4.78, 5) is 0. The van der Waals surface area contributed by atoms with Crippen LogP contribution < -0.4 is 11.1 Å². The second-order valence-electron chi connectivity index (χ2n) is 4.89. The van der Waals surface area contributed by atoms with E-state index in [1.807, 2.05) is 11.6 Å². The maximum absolute atomic E-state index is 5.97. The molecule has 3 N–H and O–H groups in total. The van der Waals surface area contributed by atoms with Crippen LogP contribution in [0.1, 0.15) is 32.9 Å². The Morgan fingerprint density at radius 2 is 2.11 bits per heavy atom. The minimum Gasteiger partial charge on any atom is -0.394 e. The third-order valence-electron chi connectivity index (χ3n) is 2.85. The van der Waals surface area contributed by atoms with Gasteiger partial charge in [0.15, 0.2) is 0 Å². The Morgan fingerprint density at radius 1 is 1.39 bits per heavy atom. The largest absolute Gasteiger partial charge is 0.394 e. The van der Waals surface area contributed by atoms with Crippen molar-refractivity contribution in [1.82, 2.24) is 9.78 Å². The summed E-state index contributed by atoms with van der Waals surface area (Å²) in [6.07, 6.45) is 1.11. The van der Waals surface area contributed by atoms with Crippen molar-refractivity contribution in [3.05, 3.63) is 5.69 Å². The zero-order chi connectivity index (χ0) is 13.5. The lowest BCUT2D eigenvalue weighted by molar-refractivity contribution is 0.132. The van der Waals surface area contributed by atoms with Crippen LogP contribution in [-0.4, -0.2) is 29.5 Å². The summed E-state index contributed by atoms with van der Waals surface area (Å²) in [5.74, 6) is 1.60. The lowest BCUT2D eigenvalue weighted by atomic mass is 10.1. The fraction of sp³-hybridized carbons (Fsp3) is 0.769. The highest BCUT2D eigenvalue weighted by Gasteiger charge is 2.10. The van der Waals surface area contributed by atoms with E-state index in [2.05, 4.69) is 31.2 Å². The van der Waals surface area contributed by atoms with E-state index >= 15 is 0 Å². The molecule has 1 aromatic rings. The SMILES string of the molecule is CCn1nc(C)c(N)c1NCCOCCC(C)C. The van der Waals surface area contributed by atoms with E-state index in [9.17, 15) is 0 Å². The van der Waals surface area contributed by atoms with Gasteiger partial charge in [-0.3, -0.25) is 0 Å². The molecule has 1 aromatic heterocycles. The third-order valence-corrected chi connectivity index (χ3v) is 2.85. The molecule has 0 fully saturated rings. The van der Waals surface area contributed by atoms with Gasteiger partial charge in [0.25, 0.3) is 0 Å². The van der Waals surface area contributed by atoms with Crippen LogP contribution in [0.4, 0.5) is 11.5 Å². The summed E-state index contributed by atoms with van der Waals surface area (Å²) in [6, 6.07) is 0. The van der Waals surface area contributed by atoms with Crippen molar-refractivity contribution in [2.45, 2.75) is 40.7 Å². The van der Waals surface area contributed by atoms with E-state index in [4.69, 9.17) is 10.5 Å². The lowest BCUT2D eigenvalue weighted by Gasteiger charge is -2.10. The second kappa shape index (κ2) is 7.26. The predicted molar refractivity (Wildman–Crippen MR) is 75.8 cm³/mol. The van der Waals surface area contributed by atoms with Gasteiger partial charge >= 0.3 is 0 Å². The van der Waals surface area contributed by atoms with Crippen LogP contribution in [0.15, 0.2) is 0 Å². The molecule has 0 aromatic carbocycles. The number of rotatable bonds is 8. The molecule has 0 radical (unpaired) electrons. The molecule has 1 heterocycles. The van der Waals surface area contributed by atoms with Gasteiger partial charge in [0.1, 0.15) is 5.82 Å². The Bertz CT molecular complexity index is 360. The van der Waals surface area contributed by atoms with Gasteiger partial charge in [0.2, 0.25) is 0 Å². The highest BCUT2D eigenvalue weighted by Crippen LogP contribution is 2.21. The van der Waals surface area contributed by atoms with E-state index in [1.54, 1.807) is 0 Å². The fourth-order valence-electron chi connectivity index (χ4n) is 1.67. The highest BCUT2D eigenvalue weighted by molar-refractivity contribution is 5.64. The van der Waals surface area contributed by atoms with Gasteiger partial charge < -0.3 is 15.8 Å². The molecule has 0 saturated carbocycles. The van der Waals surface area contributed by atoms with E-state index in [1.165, 1.54) is 0 Å². The first-order chi connectivity index (χ1) is 8.56. The average Bonchev–Trinajstić information content (AvgIpc) is 2.60. The average molecular weight is 254 g/mol. The number of aryl methyl sites for hydroxylation is 2. The van der Waals surface area contributed by atoms with Crippen molar-refractivity contribution in [3.63, 3.8) is 0 Å². The predicted octanol–water partition coefficient (Wildman–Crippen LogP) is 2.27. The molecule has 0 aliphatic carbocycles. The lowest BCUT2D eigenvalue weighted by Crippen LogP contribution is -2.14. The van der Waals surface area contributed by atoms with Crippen LogP contribution in [0, 0.1) is 12.8 Å². The summed E-state index contributed by atoms with van der Waals surface area (Å²) in [5, 5.41) is 7.65. The standard InChI is InChI=1S/C13H26N4O/c1-5-17-13(12(14)11(4)16-17)15-7-9-18-8-6-10(2)3/h10,15H,5-9,14H2,1-4H3. The Labute approximate surface area is 110 Å². The summed E-state index contributed by atoms with van der Waals surface area (Å²) in [6.45, 7) is 11.5. The molecule has 0 aliphatic heterocycles. The smallest absolute Gasteiger partial charge is 0.148 e. The first-order valence-corrected chi connectivity index (χ1v) is 6.70. The number of anilines is 2. The van der Waals surface area contributed by atoms with E-state index in [-0.39, 0.29) is 0 Å². The molecule has 1 rings (SSSR count). The minimum absolute atomic E-state index is 0.692. The zero-order valence-corrected chi connectivity index (χ0v) is 12.0. The number of hydrogen-bond acceptors (Lipinski definition) is 4. The highest BCUT2D eigenvalue weighted by atomic mass is 16.5. The van der Waals surface area contributed by atoms with Crippen LogP contribution in [0.3, 0.4) is 0 Å². The molecule has 0 spiro atoms. The summed E-state index contributed by atoms with van der Waals surface area (Å²) in [5.41, 5.74) is 7.58. The van der Waals surface area contributed by atoms with Gasteiger partial charge in [-0.05, 0) is 26.2 Å². The molecule has 5 nitrogen and oxygen atoms in total. The molecule has 0 atom stereocenters. The molecule has 0 unspecified atom stereocenters. The number of hydrogen-bond donors (Lipinski definition) is 2. The number of nitrogens with zero attached hydrogens (tertiary/aromatic N) is 2. The number of aromatic nitrogens is 2. The minimum atomic E-state index is 0.692. The van der Waals surface area contributed by atoms with Crippen LogP contribution >= 0.6 is 0 Å². The van der Waals surface area contributed by atoms with Crippen LogP contribution in [0.2, 0.25) is 0 Å². The van der Waals surface area contributed by atoms with Crippen molar-refractivity contribution >= 4 is 11.5 Å². The molecule has 104 valence electrons. The second-order valence-corrected chi connectivity index (χ2v) is 4.89. The third kappa shape index (κ3) is 4.22. The fourth-order valence-corrected chi connectivity index (χ4v) is 1.67. The Balaban J connectivity index is 2.31. The van der Waals surface area contributed by atoms with Gasteiger partial charge in [-0.2, -0.15) is 5.10 Å². The quantitative estimate of drug-likeness (QED) is 0.698. The molecule has 0 aliphatic rings. The van der Waals surface area contributed by atoms with E-state index < -0.39 is 0 Å². The topological polar surface area (TPSA) is 65.1 Å². The van der Waals surface area contributed by atoms with Crippen molar-refractivity contribution in [1.29, 1.82) is 0 Å². The van der Waals surface area contributed by atoms with Gasteiger partial charge in [-0.25, -0.2) is 4.68 Å². The Morgan fingerprint density at radius 3 is 2.72 bits per heavy atom. The Kier molecular flexibility index (Phi) is 5.98. The number of nitrogen functional groups attached to an aromatic ring is 1. The van der Waals surface area contributed by atoms with Crippen LogP contribution in [0.25, 0.3) is 0 Å². The summed E-state index contributed by atoms with van der Waals surface area (Å²) >= 11 is 0. The van der Waals surface area contributed by atoms with Gasteiger partial charge in [0, 0.05) is 19.7 Å². The maximum Gasteiger partial charge on any atom is 0.148 e. The Hall–Kier alpha value is -1.23. The van der Waals surface area contributed by atoms with Crippen molar-refractivity contribution in [2.24, 2.45) is 5.92 Å². The summed E-state index contributed by atoms with van der Waals surface area (Å²) in [7, 11) is 0. The molecular formula is C13H26N4O. The molecule has 5 heteroatoms. The van der Waals surface area contributed by atoms with Crippen LogP contribution in [-0.2, 0) is 11.3 Å². The van der Waals surface area contributed by atoms with E-state index in [0.717, 1.165) is 43.3 Å². The molecule has 0 saturated heterocycles. The van der Waals surface area contributed by atoms with Crippen molar-refractivity contribution < 1.29 is 4.74 Å². The van der Waals surface area contributed by atoms with Gasteiger partial charge in [0.05, 0.1) is 18.0 Å². The number of nitrogens with two attached hydrogens (primary N) is 1. The normalized spacial score (nSPS) is 11.2. The monoisotopic (exact) mass is 254 g/mol. The van der Waals surface area contributed by atoms with Crippen molar-refractivity contribution in [3.8, 4) is 0 Å². The molecular weight excluding hydrogens is 228 g/mol. The number of nitrogens with one attached hydrogen (secondary N) is 1. The number of ether oxygens (including phenoxy) is 1. The first-order valence-electron chi connectivity index (χ1n) is 6.70. The summed E-state index contributed by atoms with van der Waals surface area (Å²) < 4.78 is 7.44. The molecule has 0 bridgehead atoms. The zero-order valence-electron chi connectivity index (χ0n) is 12.0. The van der Waals surface area contributed by atoms with Gasteiger partial charge in [-0.1, -0.05) is 13.8 Å². The van der Waals surface area contributed by atoms with E-state index in [0.29, 0.717) is 12.5 Å². The first kappa shape index (κ1) is 14.8. The maximum atomic E-state index is 5.97.